The van der Waals surface area contributed by atoms with Gasteiger partial charge in [0.05, 0.1) is 0 Å². The molecular weight excluding hydrogens is 261 g/mol. The summed E-state index contributed by atoms with van der Waals surface area (Å²) in [5.41, 5.74) is 5.81. The maximum atomic E-state index is 14.0. The highest BCUT2D eigenvalue weighted by molar-refractivity contribution is 5.78. The fourth-order valence-corrected chi connectivity index (χ4v) is 2.93. The zero-order valence-corrected chi connectivity index (χ0v) is 12.9. The summed E-state index contributed by atoms with van der Waals surface area (Å²) >= 11 is 0. The molecule has 0 fully saturated rings. The molecule has 0 atom stereocenters. The zero-order valence-electron chi connectivity index (χ0n) is 12.9. The van der Waals surface area contributed by atoms with Crippen molar-refractivity contribution in [2.24, 2.45) is 7.05 Å². The van der Waals surface area contributed by atoms with Gasteiger partial charge in [-0.15, -0.1) is 0 Å². The van der Waals surface area contributed by atoms with Crippen LogP contribution in [0.15, 0.2) is 42.5 Å². The van der Waals surface area contributed by atoms with Crippen molar-refractivity contribution in [3.8, 4) is 11.3 Å². The Morgan fingerprint density at radius 1 is 0.905 bits per heavy atom. The molecule has 0 radical (unpaired) electrons. The van der Waals surface area contributed by atoms with Crippen molar-refractivity contribution in [3.05, 3.63) is 65.0 Å². The highest BCUT2D eigenvalue weighted by Crippen LogP contribution is 2.28. The van der Waals surface area contributed by atoms with E-state index >= 15 is 0 Å². The van der Waals surface area contributed by atoms with E-state index in [1.165, 1.54) is 10.9 Å². The van der Waals surface area contributed by atoms with Crippen LogP contribution in [0.4, 0.5) is 4.39 Å². The van der Waals surface area contributed by atoms with Crippen LogP contribution in [-0.2, 0) is 7.05 Å². The first-order valence-electron chi connectivity index (χ1n) is 7.15. The molecule has 0 bridgehead atoms. The van der Waals surface area contributed by atoms with Crippen LogP contribution in [-0.4, -0.2) is 0 Å². The minimum absolute atomic E-state index is 0.0975. The van der Waals surface area contributed by atoms with Crippen LogP contribution in [0.1, 0.15) is 16.7 Å². The van der Waals surface area contributed by atoms with Gasteiger partial charge >= 0.3 is 0 Å². The average Bonchev–Trinajstić information content (AvgIpc) is 2.50. The predicted molar refractivity (Wildman–Crippen MR) is 84.7 cm³/mol. The van der Waals surface area contributed by atoms with Gasteiger partial charge in [-0.1, -0.05) is 12.1 Å². The summed E-state index contributed by atoms with van der Waals surface area (Å²) in [5, 5.41) is 1.21. The van der Waals surface area contributed by atoms with Gasteiger partial charge in [-0.2, -0.15) is 4.57 Å². The van der Waals surface area contributed by atoms with E-state index in [9.17, 15) is 4.39 Å². The first-order valence-corrected chi connectivity index (χ1v) is 7.15. The summed E-state index contributed by atoms with van der Waals surface area (Å²) in [7, 11) is 2.06. The number of rotatable bonds is 1. The number of benzene rings is 2. The van der Waals surface area contributed by atoms with Crippen molar-refractivity contribution >= 4 is 10.9 Å². The summed E-state index contributed by atoms with van der Waals surface area (Å²) in [4.78, 5) is 0. The highest BCUT2D eigenvalue weighted by atomic mass is 19.1. The zero-order chi connectivity index (χ0) is 15.1. The molecule has 3 aromatic rings. The third-order valence-electron chi connectivity index (χ3n) is 4.36. The van der Waals surface area contributed by atoms with E-state index in [2.05, 4.69) is 35.9 Å². The van der Waals surface area contributed by atoms with Crippen LogP contribution in [0.25, 0.3) is 22.2 Å². The molecule has 2 aromatic carbocycles. The van der Waals surface area contributed by atoms with Gasteiger partial charge in [0.2, 0.25) is 11.2 Å². The Hall–Kier alpha value is -2.22. The Labute approximate surface area is 124 Å². The Morgan fingerprint density at radius 2 is 1.62 bits per heavy atom. The van der Waals surface area contributed by atoms with Crippen molar-refractivity contribution < 1.29 is 8.96 Å². The number of aryl methyl sites for hydroxylation is 2. The van der Waals surface area contributed by atoms with Gasteiger partial charge in [0.15, 0.2) is 0 Å². The quantitative estimate of drug-likeness (QED) is 0.582. The number of halogens is 1. The SMILES string of the molecule is Cc1cc(-c2ccc3ccccc3[n+]2C)c(C)c(C)c1F. The van der Waals surface area contributed by atoms with Gasteiger partial charge in [-0.25, -0.2) is 4.39 Å². The lowest BCUT2D eigenvalue weighted by Crippen LogP contribution is -2.32. The fourth-order valence-electron chi connectivity index (χ4n) is 2.93. The first kappa shape index (κ1) is 13.7. The van der Waals surface area contributed by atoms with Crippen molar-refractivity contribution in [2.75, 3.05) is 0 Å². The molecule has 2 heteroatoms. The average molecular weight is 280 g/mol. The van der Waals surface area contributed by atoms with Crippen molar-refractivity contribution in [1.82, 2.24) is 0 Å². The molecule has 0 amide bonds. The fraction of sp³-hybridized carbons (Fsp3) is 0.211. The van der Waals surface area contributed by atoms with Crippen LogP contribution in [0.3, 0.4) is 0 Å². The van der Waals surface area contributed by atoms with Gasteiger partial charge in [0.1, 0.15) is 12.9 Å². The van der Waals surface area contributed by atoms with Crippen LogP contribution in [0, 0.1) is 26.6 Å². The molecule has 0 saturated carbocycles. The maximum absolute atomic E-state index is 14.0. The number of fused-ring (bicyclic) bond motifs is 1. The number of pyridine rings is 1. The maximum Gasteiger partial charge on any atom is 0.213 e. The highest BCUT2D eigenvalue weighted by Gasteiger charge is 2.18. The van der Waals surface area contributed by atoms with Crippen molar-refractivity contribution in [1.29, 1.82) is 0 Å². The van der Waals surface area contributed by atoms with Gasteiger partial charge in [-0.3, -0.25) is 0 Å². The van der Waals surface area contributed by atoms with E-state index in [0.717, 1.165) is 22.4 Å². The van der Waals surface area contributed by atoms with Crippen LogP contribution in [0.2, 0.25) is 0 Å². The summed E-state index contributed by atoms with van der Waals surface area (Å²) in [6.07, 6.45) is 0. The minimum atomic E-state index is -0.0975. The minimum Gasteiger partial charge on any atom is -0.206 e. The number of aromatic nitrogens is 1. The predicted octanol–water partition coefficient (Wildman–Crippen LogP) is 4.40. The lowest BCUT2D eigenvalue weighted by Gasteiger charge is -2.11. The number of hydrogen-bond donors (Lipinski definition) is 0. The van der Waals surface area contributed by atoms with E-state index in [1.54, 1.807) is 0 Å². The summed E-state index contributed by atoms with van der Waals surface area (Å²) in [5.74, 6) is -0.0975. The topological polar surface area (TPSA) is 3.88 Å². The molecular formula is C19H19FN+. The molecule has 0 saturated heterocycles. The van der Waals surface area contributed by atoms with E-state index in [1.807, 2.05) is 39.0 Å². The Bertz CT molecular complexity index is 850. The normalized spacial score (nSPS) is 11.1. The number of para-hydroxylation sites is 1. The van der Waals surface area contributed by atoms with Gasteiger partial charge < -0.3 is 0 Å². The molecule has 0 aliphatic rings. The first-order chi connectivity index (χ1) is 10.0. The molecule has 0 unspecified atom stereocenters. The largest absolute Gasteiger partial charge is 0.213 e. The van der Waals surface area contributed by atoms with Gasteiger partial charge in [-0.05, 0) is 55.7 Å². The molecule has 0 aliphatic carbocycles. The van der Waals surface area contributed by atoms with E-state index in [-0.39, 0.29) is 5.82 Å². The number of nitrogens with zero attached hydrogens (tertiary/aromatic N) is 1. The second kappa shape index (κ2) is 4.96. The molecule has 21 heavy (non-hydrogen) atoms. The lowest BCUT2D eigenvalue weighted by molar-refractivity contribution is -0.633. The van der Waals surface area contributed by atoms with Crippen molar-refractivity contribution in [2.45, 2.75) is 20.8 Å². The van der Waals surface area contributed by atoms with Crippen LogP contribution >= 0.6 is 0 Å². The standard InChI is InChI=1S/C19H19FN/c1-12-11-16(13(2)14(3)19(12)20)18-10-9-15-7-5-6-8-17(15)21(18)4/h5-11H,1-4H3/q+1. The monoisotopic (exact) mass is 280 g/mol. The Balaban J connectivity index is 2.34. The van der Waals surface area contributed by atoms with E-state index in [0.29, 0.717) is 5.56 Å². The van der Waals surface area contributed by atoms with E-state index in [4.69, 9.17) is 0 Å². The summed E-state index contributed by atoms with van der Waals surface area (Å²) in [6.45, 7) is 5.66. The van der Waals surface area contributed by atoms with Crippen LogP contribution < -0.4 is 4.57 Å². The van der Waals surface area contributed by atoms with Crippen LogP contribution in [0.5, 0.6) is 0 Å². The molecule has 1 aromatic heterocycles. The number of hydrogen-bond acceptors (Lipinski definition) is 0. The third-order valence-corrected chi connectivity index (χ3v) is 4.36. The molecule has 0 spiro atoms. The molecule has 0 N–H and O–H groups in total. The molecule has 3 rings (SSSR count). The Morgan fingerprint density at radius 3 is 2.38 bits per heavy atom. The molecule has 106 valence electrons. The Kier molecular flexibility index (Phi) is 3.25. The second-order valence-electron chi connectivity index (χ2n) is 5.64. The molecule has 0 aliphatic heterocycles. The second-order valence-corrected chi connectivity index (χ2v) is 5.64. The summed E-state index contributed by atoms with van der Waals surface area (Å²) in [6, 6.07) is 14.5. The molecule has 1 nitrogen and oxygen atoms in total. The van der Waals surface area contributed by atoms with Gasteiger partial charge in [0, 0.05) is 23.1 Å². The van der Waals surface area contributed by atoms with E-state index < -0.39 is 0 Å². The third kappa shape index (κ3) is 2.11. The van der Waals surface area contributed by atoms with Crippen molar-refractivity contribution in [3.63, 3.8) is 0 Å². The molecule has 1 heterocycles. The lowest BCUT2D eigenvalue weighted by atomic mass is 9.96. The summed E-state index contributed by atoms with van der Waals surface area (Å²) < 4.78 is 16.2. The van der Waals surface area contributed by atoms with Gasteiger partial charge in [0.25, 0.3) is 0 Å². The smallest absolute Gasteiger partial charge is 0.206 e.